The fourth-order valence-corrected chi connectivity index (χ4v) is 4.40. The van der Waals surface area contributed by atoms with Crippen molar-refractivity contribution in [3.8, 4) is 0 Å². The fraction of sp³-hybridized carbons (Fsp3) is 0.211. The summed E-state index contributed by atoms with van der Waals surface area (Å²) in [5.74, 6) is 0. The molecule has 24 heavy (non-hydrogen) atoms. The van der Waals surface area contributed by atoms with Gasteiger partial charge in [0, 0.05) is 35.5 Å². The zero-order valence-corrected chi connectivity index (χ0v) is 15.1. The van der Waals surface area contributed by atoms with E-state index in [1.54, 1.807) is 11.3 Å². The van der Waals surface area contributed by atoms with E-state index in [0.717, 1.165) is 23.9 Å². The minimum Gasteiger partial charge on any atom is -0.347 e. The highest BCUT2D eigenvalue weighted by Gasteiger charge is 2.31. The minimum absolute atomic E-state index is 0.178. The average molecular weight is 354 g/mol. The first-order chi connectivity index (χ1) is 11.7. The summed E-state index contributed by atoms with van der Waals surface area (Å²) in [5.41, 5.74) is 3.58. The second-order valence-electron chi connectivity index (χ2n) is 5.98. The molecule has 0 fully saturated rings. The third kappa shape index (κ3) is 2.74. The number of rotatable bonds is 2. The van der Waals surface area contributed by atoms with Crippen molar-refractivity contribution in [1.29, 1.82) is 0 Å². The summed E-state index contributed by atoms with van der Waals surface area (Å²) in [6.45, 7) is 3.96. The number of hydrogen-bond acceptors (Lipinski definition) is 2. The maximum Gasteiger partial charge on any atom is 0.174 e. The Balaban J connectivity index is 1.66. The van der Waals surface area contributed by atoms with Crippen molar-refractivity contribution in [2.45, 2.75) is 19.5 Å². The van der Waals surface area contributed by atoms with Gasteiger partial charge < -0.3 is 14.8 Å². The Morgan fingerprint density at radius 3 is 2.79 bits per heavy atom. The molecule has 0 bridgehead atoms. The zero-order chi connectivity index (χ0) is 16.5. The maximum absolute atomic E-state index is 5.78. The summed E-state index contributed by atoms with van der Waals surface area (Å²) in [6, 6.07) is 17.1. The molecule has 4 rings (SSSR count). The van der Waals surface area contributed by atoms with Gasteiger partial charge in [0.1, 0.15) is 6.04 Å². The summed E-state index contributed by atoms with van der Waals surface area (Å²) >= 11 is 7.56. The molecular weight excluding hydrogens is 334 g/mol. The van der Waals surface area contributed by atoms with Crippen molar-refractivity contribution in [3.05, 3.63) is 76.2 Å². The Morgan fingerprint density at radius 1 is 1.12 bits per heavy atom. The van der Waals surface area contributed by atoms with Crippen LogP contribution in [0.15, 0.2) is 60.1 Å². The molecule has 0 amide bonds. The number of thiocarbonyl (C=S) groups is 1. The van der Waals surface area contributed by atoms with Crippen LogP contribution in [-0.4, -0.2) is 21.1 Å². The van der Waals surface area contributed by atoms with Crippen molar-refractivity contribution >= 4 is 34.4 Å². The van der Waals surface area contributed by atoms with E-state index in [9.17, 15) is 0 Å². The number of aryl methyl sites for hydroxylation is 1. The molecule has 1 aromatic carbocycles. The van der Waals surface area contributed by atoms with Gasteiger partial charge in [0.15, 0.2) is 5.11 Å². The lowest BCUT2D eigenvalue weighted by molar-refractivity contribution is 0.297. The number of nitrogens with zero attached hydrogens (tertiary/aromatic N) is 2. The van der Waals surface area contributed by atoms with Gasteiger partial charge in [-0.05, 0) is 54.4 Å². The summed E-state index contributed by atoms with van der Waals surface area (Å²) in [5, 5.41) is 6.37. The summed E-state index contributed by atoms with van der Waals surface area (Å²) < 4.78 is 2.33. The van der Waals surface area contributed by atoms with Crippen LogP contribution in [0.2, 0.25) is 0 Å². The average Bonchev–Trinajstić information content (AvgIpc) is 3.27. The van der Waals surface area contributed by atoms with Gasteiger partial charge in [-0.25, -0.2) is 0 Å². The number of aromatic nitrogens is 1. The topological polar surface area (TPSA) is 20.2 Å². The molecule has 1 aliphatic heterocycles. The Morgan fingerprint density at radius 2 is 2.00 bits per heavy atom. The maximum atomic E-state index is 5.78. The van der Waals surface area contributed by atoms with Crippen LogP contribution in [0.1, 0.15) is 22.2 Å². The highest BCUT2D eigenvalue weighted by Crippen LogP contribution is 2.35. The Bertz CT molecular complexity index is 851. The van der Waals surface area contributed by atoms with Crippen molar-refractivity contribution < 1.29 is 0 Å². The summed E-state index contributed by atoms with van der Waals surface area (Å²) in [7, 11) is 0. The molecule has 1 N–H and O–H groups in total. The SMILES string of the molecule is Cc1ccccc1NC(=S)N1CCn2cccc2[C@@H]1c1cccs1. The normalized spacial score (nSPS) is 16.7. The van der Waals surface area contributed by atoms with Crippen LogP contribution in [0.3, 0.4) is 0 Å². The Hall–Kier alpha value is -2.11. The number of benzene rings is 1. The molecule has 0 saturated carbocycles. The Labute approximate surface area is 151 Å². The third-order valence-electron chi connectivity index (χ3n) is 4.50. The van der Waals surface area contributed by atoms with Crippen LogP contribution >= 0.6 is 23.6 Å². The molecule has 3 aromatic rings. The van der Waals surface area contributed by atoms with E-state index >= 15 is 0 Å². The molecule has 1 aliphatic rings. The van der Waals surface area contributed by atoms with Crippen LogP contribution in [0.25, 0.3) is 0 Å². The third-order valence-corrected chi connectivity index (χ3v) is 5.76. The number of thiophene rings is 1. The first-order valence-electron chi connectivity index (χ1n) is 8.06. The fourth-order valence-electron chi connectivity index (χ4n) is 3.25. The molecule has 122 valence electrons. The predicted molar refractivity (Wildman–Crippen MR) is 105 cm³/mol. The number of para-hydroxylation sites is 1. The second kappa shape index (κ2) is 6.42. The molecular formula is C19H19N3S2. The molecule has 2 aromatic heterocycles. The van der Waals surface area contributed by atoms with E-state index in [4.69, 9.17) is 12.2 Å². The largest absolute Gasteiger partial charge is 0.347 e. The van der Waals surface area contributed by atoms with Crippen molar-refractivity contribution in [2.24, 2.45) is 0 Å². The van der Waals surface area contributed by atoms with Gasteiger partial charge in [-0.15, -0.1) is 11.3 Å². The molecule has 0 spiro atoms. The highest BCUT2D eigenvalue weighted by molar-refractivity contribution is 7.80. The number of hydrogen-bond donors (Lipinski definition) is 1. The van der Waals surface area contributed by atoms with Gasteiger partial charge in [-0.2, -0.15) is 0 Å². The lowest BCUT2D eigenvalue weighted by Crippen LogP contribution is -2.44. The first kappa shape index (κ1) is 15.4. The van der Waals surface area contributed by atoms with Crippen LogP contribution < -0.4 is 5.32 Å². The van der Waals surface area contributed by atoms with Gasteiger partial charge in [0.05, 0.1) is 0 Å². The quantitative estimate of drug-likeness (QED) is 0.677. The van der Waals surface area contributed by atoms with Crippen molar-refractivity contribution in [2.75, 3.05) is 11.9 Å². The van der Waals surface area contributed by atoms with E-state index in [1.165, 1.54) is 16.1 Å². The zero-order valence-electron chi connectivity index (χ0n) is 13.5. The molecule has 1 atom stereocenters. The van der Waals surface area contributed by atoms with Gasteiger partial charge in [-0.1, -0.05) is 24.3 Å². The number of anilines is 1. The van der Waals surface area contributed by atoms with E-state index in [1.807, 2.05) is 12.1 Å². The van der Waals surface area contributed by atoms with E-state index in [-0.39, 0.29) is 6.04 Å². The minimum atomic E-state index is 0.178. The van der Waals surface area contributed by atoms with Crippen molar-refractivity contribution in [1.82, 2.24) is 9.47 Å². The van der Waals surface area contributed by atoms with Crippen LogP contribution in [-0.2, 0) is 6.54 Å². The van der Waals surface area contributed by atoms with Crippen LogP contribution in [0.4, 0.5) is 5.69 Å². The molecule has 0 unspecified atom stereocenters. The number of fused-ring (bicyclic) bond motifs is 1. The lowest BCUT2D eigenvalue weighted by Gasteiger charge is -2.38. The predicted octanol–water partition coefficient (Wildman–Crippen LogP) is 4.66. The van der Waals surface area contributed by atoms with Gasteiger partial charge in [0.2, 0.25) is 0 Å². The molecule has 0 saturated heterocycles. The molecule has 5 heteroatoms. The monoisotopic (exact) mass is 353 g/mol. The van der Waals surface area contributed by atoms with Crippen LogP contribution in [0.5, 0.6) is 0 Å². The smallest absolute Gasteiger partial charge is 0.174 e. The number of nitrogens with one attached hydrogen (secondary N) is 1. The molecule has 3 heterocycles. The van der Waals surface area contributed by atoms with Gasteiger partial charge >= 0.3 is 0 Å². The van der Waals surface area contributed by atoms with E-state index in [0.29, 0.717) is 0 Å². The standard InChI is InChI=1S/C19H19N3S2/c1-14-6-2-3-7-15(14)20-19(23)22-12-11-21-10-4-8-16(21)18(22)17-9-5-13-24-17/h2-10,13,18H,11-12H2,1H3,(H,20,23)/t18-/m1/s1. The Kier molecular flexibility index (Phi) is 4.12. The summed E-state index contributed by atoms with van der Waals surface area (Å²) in [6.07, 6.45) is 2.16. The lowest BCUT2D eigenvalue weighted by atomic mass is 10.1. The van der Waals surface area contributed by atoms with E-state index in [2.05, 4.69) is 69.7 Å². The second-order valence-corrected chi connectivity index (χ2v) is 7.35. The molecule has 3 nitrogen and oxygen atoms in total. The van der Waals surface area contributed by atoms with Crippen LogP contribution in [0, 0.1) is 6.92 Å². The van der Waals surface area contributed by atoms with Gasteiger partial charge in [-0.3, -0.25) is 0 Å². The molecule has 0 radical (unpaired) electrons. The molecule has 0 aliphatic carbocycles. The summed E-state index contributed by atoms with van der Waals surface area (Å²) in [4.78, 5) is 3.63. The first-order valence-corrected chi connectivity index (χ1v) is 9.34. The van der Waals surface area contributed by atoms with Crippen molar-refractivity contribution in [3.63, 3.8) is 0 Å². The highest BCUT2D eigenvalue weighted by atomic mass is 32.1. The van der Waals surface area contributed by atoms with Gasteiger partial charge in [0.25, 0.3) is 0 Å². The van der Waals surface area contributed by atoms with E-state index < -0.39 is 0 Å².